The number of unbranched alkanes of at least 4 members (excludes halogenated alkanes) is 2. The van der Waals surface area contributed by atoms with Gasteiger partial charge in [-0.25, -0.2) is 4.39 Å². The van der Waals surface area contributed by atoms with Crippen molar-refractivity contribution in [1.29, 1.82) is 0 Å². The molecule has 0 amide bonds. The van der Waals surface area contributed by atoms with E-state index < -0.39 is 0 Å². The summed E-state index contributed by atoms with van der Waals surface area (Å²) in [5.41, 5.74) is 0.798. The van der Waals surface area contributed by atoms with Crippen LogP contribution in [0.15, 0.2) is 23.1 Å². The highest BCUT2D eigenvalue weighted by atomic mass is 32.2. The molecule has 0 unspecified atom stereocenters. The molecule has 0 saturated carbocycles. The fourth-order valence-corrected chi connectivity index (χ4v) is 2.64. The Kier molecular flexibility index (Phi) is 6.50. The van der Waals surface area contributed by atoms with E-state index in [2.05, 4.69) is 12.2 Å². The molecule has 1 rings (SSSR count). The third-order valence-electron chi connectivity index (χ3n) is 2.43. The first-order valence-corrected chi connectivity index (χ1v) is 6.83. The normalized spacial score (nSPS) is 10.7. The van der Waals surface area contributed by atoms with E-state index in [1.807, 2.05) is 13.1 Å². The van der Waals surface area contributed by atoms with E-state index in [-0.39, 0.29) is 5.82 Å². The fourth-order valence-electron chi connectivity index (χ4n) is 1.56. The molecule has 0 atom stereocenters. The van der Waals surface area contributed by atoms with Crippen LogP contribution in [0.5, 0.6) is 0 Å². The molecule has 1 nitrogen and oxygen atoms in total. The Balaban J connectivity index is 2.59. The first kappa shape index (κ1) is 13.5. The molecule has 90 valence electrons. The van der Waals surface area contributed by atoms with Crippen LogP contribution < -0.4 is 5.32 Å². The van der Waals surface area contributed by atoms with Crippen molar-refractivity contribution < 1.29 is 4.39 Å². The van der Waals surface area contributed by atoms with Gasteiger partial charge in [0.05, 0.1) is 0 Å². The van der Waals surface area contributed by atoms with Crippen molar-refractivity contribution in [3.05, 3.63) is 29.6 Å². The highest BCUT2D eigenvalue weighted by molar-refractivity contribution is 7.99. The second kappa shape index (κ2) is 7.69. The highest BCUT2D eigenvalue weighted by Crippen LogP contribution is 2.25. The predicted molar refractivity (Wildman–Crippen MR) is 69.4 cm³/mol. The Morgan fingerprint density at radius 2 is 2.12 bits per heavy atom. The molecular weight excluding hydrogens is 221 g/mol. The number of hydrogen-bond donors (Lipinski definition) is 1. The van der Waals surface area contributed by atoms with Crippen molar-refractivity contribution in [3.63, 3.8) is 0 Å². The monoisotopic (exact) mass is 241 g/mol. The molecule has 1 aromatic carbocycles. The van der Waals surface area contributed by atoms with Crippen molar-refractivity contribution in [3.8, 4) is 0 Å². The van der Waals surface area contributed by atoms with Gasteiger partial charge in [-0.15, -0.1) is 11.8 Å². The molecule has 0 aliphatic heterocycles. The van der Waals surface area contributed by atoms with Crippen LogP contribution in [-0.4, -0.2) is 12.8 Å². The minimum absolute atomic E-state index is 0.102. The number of nitrogens with one attached hydrogen (secondary N) is 1. The maximum absolute atomic E-state index is 13.6. The Labute approximate surface area is 102 Å². The number of thioether (sulfide) groups is 1. The minimum Gasteiger partial charge on any atom is -0.316 e. The molecule has 16 heavy (non-hydrogen) atoms. The quantitative estimate of drug-likeness (QED) is 0.575. The smallest absolute Gasteiger partial charge is 0.128 e. The molecule has 0 fully saturated rings. The van der Waals surface area contributed by atoms with E-state index in [1.54, 1.807) is 17.8 Å². The summed E-state index contributed by atoms with van der Waals surface area (Å²) < 4.78 is 13.6. The first-order valence-electron chi connectivity index (χ1n) is 5.84. The molecule has 1 N–H and O–H groups in total. The van der Waals surface area contributed by atoms with Crippen LogP contribution in [0.25, 0.3) is 0 Å². The zero-order valence-electron chi connectivity index (χ0n) is 10.1. The van der Waals surface area contributed by atoms with E-state index in [0.29, 0.717) is 6.54 Å². The third kappa shape index (κ3) is 4.14. The Morgan fingerprint density at radius 1 is 1.31 bits per heavy atom. The van der Waals surface area contributed by atoms with Gasteiger partial charge in [-0.05, 0) is 31.4 Å². The lowest BCUT2D eigenvalue weighted by molar-refractivity contribution is 0.593. The second-order valence-electron chi connectivity index (χ2n) is 3.80. The third-order valence-corrected chi connectivity index (χ3v) is 3.62. The Bertz CT molecular complexity index is 315. The van der Waals surface area contributed by atoms with E-state index in [1.165, 1.54) is 25.3 Å². The van der Waals surface area contributed by atoms with E-state index in [4.69, 9.17) is 0 Å². The van der Waals surface area contributed by atoms with Crippen LogP contribution in [-0.2, 0) is 6.54 Å². The van der Waals surface area contributed by atoms with Gasteiger partial charge in [0.1, 0.15) is 5.82 Å². The molecule has 0 saturated heterocycles. The summed E-state index contributed by atoms with van der Waals surface area (Å²) in [7, 11) is 1.85. The van der Waals surface area contributed by atoms with Gasteiger partial charge in [0.25, 0.3) is 0 Å². The van der Waals surface area contributed by atoms with Gasteiger partial charge in [0, 0.05) is 17.0 Å². The van der Waals surface area contributed by atoms with Crippen LogP contribution in [0.3, 0.4) is 0 Å². The topological polar surface area (TPSA) is 12.0 Å². The molecule has 0 heterocycles. The zero-order chi connectivity index (χ0) is 11.8. The lowest BCUT2D eigenvalue weighted by Crippen LogP contribution is -2.08. The summed E-state index contributed by atoms with van der Waals surface area (Å²) in [5, 5.41) is 3.01. The van der Waals surface area contributed by atoms with Crippen LogP contribution in [0.2, 0.25) is 0 Å². The molecule has 0 spiro atoms. The molecule has 0 aliphatic rings. The van der Waals surface area contributed by atoms with Gasteiger partial charge in [-0.2, -0.15) is 0 Å². The molecule has 3 heteroatoms. The lowest BCUT2D eigenvalue weighted by Gasteiger charge is -2.09. The summed E-state index contributed by atoms with van der Waals surface area (Å²) >= 11 is 1.76. The average molecular weight is 241 g/mol. The van der Waals surface area contributed by atoms with Gasteiger partial charge in [-0.1, -0.05) is 25.8 Å². The maximum Gasteiger partial charge on any atom is 0.128 e. The largest absolute Gasteiger partial charge is 0.316 e. The van der Waals surface area contributed by atoms with Crippen LogP contribution in [0.4, 0.5) is 4.39 Å². The van der Waals surface area contributed by atoms with Gasteiger partial charge >= 0.3 is 0 Å². The van der Waals surface area contributed by atoms with Gasteiger partial charge in [-0.3, -0.25) is 0 Å². The fraction of sp³-hybridized carbons (Fsp3) is 0.538. The number of rotatable bonds is 7. The average Bonchev–Trinajstić information content (AvgIpc) is 2.29. The van der Waals surface area contributed by atoms with E-state index in [9.17, 15) is 4.39 Å². The second-order valence-corrected chi connectivity index (χ2v) is 4.94. The molecular formula is C13H20FNS. The molecule has 0 bridgehead atoms. The van der Waals surface area contributed by atoms with Crippen LogP contribution in [0, 0.1) is 5.82 Å². The number of hydrogen-bond acceptors (Lipinski definition) is 2. The van der Waals surface area contributed by atoms with Crippen molar-refractivity contribution in [1.82, 2.24) is 5.32 Å². The highest BCUT2D eigenvalue weighted by Gasteiger charge is 2.07. The lowest BCUT2D eigenvalue weighted by atomic mass is 10.2. The summed E-state index contributed by atoms with van der Waals surface area (Å²) in [5.74, 6) is 0.975. The summed E-state index contributed by atoms with van der Waals surface area (Å²) in [6.07, 6.45) is 3.69. The minimum atomic E-state index is -0.102. The Morgan fingerprint density at radius 3 is 2.81 bits per heavy atom. The maximum atomic E-state index is 13.6. The predicted octanol–water partition coefficient (Wildman–Crippen LogP) is 3.83. The number of halogens is 1. The summed E-state index contributed by atoms with van der Waals surface area (Å²) in [4.78, 5) is 1.07. The van der Waals surface area contributed by atoms with Crippen molar-refractivity contribution in [2.75, 3.05) is 12.8 Å². The van der Waals surface area contributed by atoms with Gasteiger partial charge in [0.15, 0.2) is 0 Å². The first-order chi connectivity index (χ1) is 7.79. The number of benzene rings is 1. The van der Waals surface area contributed by atoms with Gasteiger partial charge in [0.2, 0.25) is 0 Å². The molecule has 0 aliphatic carbocycles. The van der Waals surface area contributed by atoms with E-state index in [0.717, 1.165) is 16.2 Å². The van der Waals surface area contributed by atoms with E-state index >= 15 is 0 Å². The molecule has 0 aromatic heterocycles. The SMILES string of the molecule is CCCCCSc1cccc(F)c1CNC. The van der Waals surface area contributed by atoms with Crippen LogP contribution in [0.1, 0.15) is 31.7 Å². The molecule has 1 aromatic rings. The summed E-state index contributed by atoms with van der Waals surface area (Å²) in [6.45, 7) is 2.79. The zero-order valence-corrected chi connectivity index (χ0v) is 10.9. The van der Waals surface area contributed by atoms with Gasteiger partial charge < -0.3 is 5.32 Å². The van der Waals surface area contributed by atoms with Crippen molar-refractivity contribution >= 4 is 11.8 Å². The van der Waals surface area contributed by atoms with Crippen LogP contribution >= 0.6 is 11.8 Å². The summed E-state index contributed by atoms with van der Waals surface area (Å²) in [6, 6.07) is 5.33. The molecule has 0 radical (unpaired) electrons. The standard InChI is InChI=1S/C13H20FNS/c1-3-4-5-9-16-13-8-6-7-12(14)11(13)10-15-2/h6-8,15H,3-5,9-10H2,1-2H3. The van der Waals surface area contributed by atoms with Crippen molar-refractivity contribution in [2.24, 2.45) is 0 Å². The Hall–Kier alpha value is -0.540. The van der Waals surface area contributed by atoms with Crippen molar-refractivity contribution in [2.45, 2.75) is 37.6 Å².